The zero-order valence-corrected chi connectivity index (χ0v) is 8.39. The summed E-state index contributed by atoms with van der Waals surface area (Å²) >= 11 is 1.80. The lowest BCUT2D eigenvalue weighted by Crippen LogP contribution is -1.88. The van der Waals surface area contributed by atoms with Crippen LogP contribution in [-0.2, 0) is 0 Å². The predicted octanol–water partition coefficient (Wildman–Crippen LogP) is 2.72. The van der Waals surface area contributed by atoms with Gasteiger partial charge in [-0.2, -0.15) is 0 Å². The van der Waals surface area contributed by atoms with Crippen molar-refractivity contribution >= 4 is 17.6 Å². The molecule has 0 radical (unpaired) electrons. The molecule has 2 nitrogen and oxygen atoms in total. The Bertz CT molecular complexity index is 256. The zero-order chi connectivity index (χ0) is 9.52. The summed E-state index contributed by atoms with van der Waals surface area (Å²) in [6.07, 6.45) is 6.00. The Morgan fingerprint density at radius 2 is 2.38 bits per heavy atom. The van der Waals surface area contributed by atoms with Crippen molar-refractivity contribution in [2.75, 3.05) is 11.5 Å². The van der Waals surface area contributed by atoms with Gasteiger partial charge in [0.15, 0.2) is 0 Å². The van der Waals surface area contributed by atoms with E-state index in [9.17, 15) is 0 Å². The fourth-order valence-electron chi connectivity index (χ4n) is 0.895. The Hall–Kier alpha value is -0.960. The first-order valence-corrected chi connectivity index (χ1v) is 5.26. The Morgan fingerprint density at radius 3 is 3.00 bits per heavy atom. The highest BCUT2D eigenvalue weighted by atomic mass is 32.2. The average molecular weight is 194 g/mol. The molecule has 1 aromatic rings. The maximum Gasteiger partial charge on any atom is 0.123 e. The average Bonchev–Trinajstić information content (AvgIpc) is 2.15. The summed E-state index contributed by atoms with van der Waals surface area (Å²) in [7, 11) is 0. The summed E-state index contributed by atoms with van der Waals surface area (Å²) in [6, 6.07) is 3.83. The fraction of sp³-hybridized carbons (Fsp3) is 0.300. The molecule has 13 heavy (non-hydrogen) atoms. The number of nitrogen functional groups attached to an aromatic ring is 1. The van der Waals surface area contributed by atoms with E-state index in [1.807, 2.05) is 24.4 Å². The van der Waals surface area contributed by atoms with Crippen LogP contribution < -0.4 is 5.73 Å². The van der Waals surface area contributed by atoms with Crippen LogP contribution in [0.5, 0.6) is 0 Å². The molecule has 0 saturated heterocycles. The van der Waals surface area contributed by atoms with E-state index >= 15 is 0 Å². The second kappa shape index (κ2) is 5.65. The lowest BCUT2D eigenvalue weighted by molar-refractivity contribution is 0.973. The van der Waals surface area contributed by atoms with Crippen molar-refractivity contribution < 1.29 is 0 Å². The number of hydrogen-bond acceptors (Lipinski definition) is 3. The minimum absolute atomic E-state index is 0.579. The molecule has 0 spiro atoms. The highest BCUT2D eigenvalue weighted by Crippen LogP contribution is 2.18. The van der Waals surface area contributed by atoms with E-state index in [1.54, 1.807) is 11.8 Å². The Balaban J connectivity index is 2.28. The first-order chi connectivity index (χ1) is 6.33. The van der Waals surface area contributed by atoms with Gasteiger partial charge >= 0.3 is 0 Å². The van der Waals surface area contributed by atoms with Crippen LogP contribution in [0.3, 0.4) is 0 Å². The van der Waals surface area contributed by atoms with Gasteiger partial charge in [-0.3, -0.25) is 0 Å². The largest absolute Gasteiger partial charge is 0.384 e. The van der Waals surface area contributed by atoms with Gasteiger partial charge in [0.2, 0.25) is 0 Å². The van der Waals surface area contributed by atoms with Gasteiger partial charge in [0.1, 0.15) is 5.82 Å². The number of pyridine rings is 1. The summed E-state index contributed by atoms with van der Waals surface area (Å²) in [4.78, 5) is 5.19. The number of unbranched alkanes of at least 4 members (excludes halogenated alkanes) is 1. The first kappa shape index (κ1) is 10.1. The van der Waals surface area contributed by atoms with Crippen LogP contribution in [0.1, 0.15) is 12.8 Å². The van der Waals surface area contributed by atoms with Gasteiger partial charge in [0.05, 0.1) is 0 Å². The molecule has 0 aromatic carbocycles. The van der Waals surface area contributed by atoms with Crippen molar-refractivity contribution in [3.8, 4) is 0 Å². The number of nitrogens with two attached hydrogens (primary N) is 1. The number of rotatable bonds is 5. The molecule has 0 aliphatic carbocycles. The molecule has 70 valence electrons. The van der Waals surface area contributed by atoms with E-state index in [1.165, 1.54) is 11.3 Å². The molecule has 0 aliphatic heterocycles. The van der Waals surface area contributed by atoms with Crippen LogP contribution in [0.4, 0.5) is 5.82 Å². The van der Waals surface area contributed by atoms with Gasteiger partial charge in [-0.25, -0.2) is 4.98 Å². The van der Waals surface area contributed by atoms with Crippen LogP contribution in [0, 0.1) is 0 Å². The maximum atomic E-state index is 5.47. The molecule has 1 heterocycles. The topological polar surface area (TPSA) is 38.9 Å². The number of nitrogens with zero attached hydrogens (tertiary/aromatic N) is 1. The molecule has 0 unspecified atom stereocenters. The third kappa shape index (κ3) is 3.99. The van der Waals surface area contributed by atoms with Crippen LogP contribution in [-0.4, -0.2) is 10.7 Å². The fourth-order valence-corrected chi connectivity index (χ4v) is 1.73. The molecular weight excluding hydrogens is 180 g/mol. The summed E-state index contributed by atoms with van der Waals surface area (Å²) in [5.74, 6) is 1.69. The monoisotopic (exact) mass is 194 g/mol. The summed E-state index contributed by atoms with van der Waals surface area (Å²) < 4.78 is 0. The molecule has 0 bridgehead atoms. The van der Waals surface area contributed by atoms with Crippen molar-refractivity contribution in [3.63, 3.8) is 0 Å². The first-order valence-electron chi connectivity index (χ1n) is 4.28. The van der Waals surface area contributed by atoms with Crippen molar-refractivity contribution in [2.24, 2.45) is 0 Å². The molecule has 0 amide bonds. The Kier molecular flexibility index (Phi) is 4.40. The van der Waals surface area contributed by atoms with E-state index < -0.39 is 0 Å². The molecule has 0 aliphatic rings. The summed E-state index contributed by atoms with van der Waals surface area (Å²) in [5.41, 5.74) is 5.47. The van der Waals surface area contributed by atoms with Crippen molar-refractivity contribution in [1.82, 2.24) is 4.98 Å². The molecule has 1 aromatic heterocycles. The minimum atomic E-state index is 0.579. The molecule has 0 fully saturated rings. The smallest absolute Gasteiger partial charge is 0.123 e. The van der Waals surface area contributed by atoms with Gasteiger partial charge < -0.3 is 5.73 Å². The molecule has 2 N–H and O–H groups in total. The van der Waals surface area contributed by atoms with E-state index in [-0.39, 0.29) is 0 Å². The Morgan fingerprint density at radius 1 is 1.54 bits per heavy atom. The predicted molar refractivity (Wildman–Crippen MR) is 58.8 cm³/mol. The van der Waals surface area contributed by atoms with Crippen LogP contribution in [0.25, 0.3) is 0 Å². The third-order valence-corrected chi connectivity index (χ3v) is 2.65. The molecular formula is C10H14N2S. The Labute approximate surface area is 83.2 Å². The molecule has 0 saturated carbocycles. The van der Waals surface area contributed by atoms with Crippen LogP contribution >= 0.6 is 11.8 Å². The molecule has 1 rings (SSSR count). The zero-order valence-electron chi connectivity index (χ0n) is 7.57. The van der Waals surface area contributed by atoms with Gasteiger partial charge in [-0.15, -0.1) is 18.3 Å². The van der Waals surface area contributed by atoms with E-state index in [4.69, 9.17) is 5.73 Å². The van der Waals surface area contributed by atoms with E-state index in [2.05, 4.69) is 11.6 Å². The van der Waals surface area contributed by atoms with Crippen molar-refractivity contribution in [1.29, 1.82) is 0 Å². The number of aromatic nitrogens is 1. The highest BCUT2D eigenvalue weighted by Gasteiger charge is 1.93. The highest BCUT2D eigenvalue weighted by molar-refractivity contribution is 7.99. The summed E-state index contributed by atoms with van der Waals surface area (Å²) in [6.45, 7) is 3.68. The number of thioether (sulfide) groups is 1. The maximum absolute atomic E-state index is 5.47. The second-order valence-electron chi connectivity index (χ2n) is 2.70. The SMILES string of the molecule is C=CCCCSc1ccc(N)nc1. The number of allylic oxidation sites excluding steroid dienone is 1. The quantitative estimate of drug-likeness (QED) is 0.445. The number of hydrogen-bond donors (Lipinski definition) is 1. The number of anilines is 1. The lowest BCUT2D eigenvalue weighted by Gasteiger charge is -1.99. The molecule has 0 atom stereocenters. The van der Waals surface area contributed by atoms with Gasteiger partial charge in [-0.1, -0.05) is 6.08 Å². The summed E-state index contributed by atoms with van der Waals surface area (Å²) in [5, 5.41) is 0. The van der Waals surface area contributed by atoms with Gasteiger partial charge in [0, 0.05) is 11.1 Å². The van der Waals surface area contributed by atoms with Crippen molar-refractivity contribution in [2.45, 2.75) is 17.7 Å². The van der Waals surface area contributed by atoms with E-state index in [0.717, 1.165) is 12.2 Å². The van der Waals surface area contributed by atoms with E-state index in [0.29, 0.717) is 5.82 Å². The normalized spacial score (nSPS) is 9.85. The third-order valence-electron chi connectivity index (χ3n) is 1.58. The van der Waals surface area contributed by atoms with Crippen LogP contribution in [0.15, 0.2) is 35.9 Å². The van der Waals surface area contributed by atoms with Crippen LogP contribution in [0.2, 0.25) is 0 Å². The van der Waals surface area contributed by atoms with Gasteiger partial charge in [0.25, 0.3) is 0 Å². The van der Waals surface area contributed by atoms with Crippen molar-refractivity contribution in [3.05, 3.63) is 31.0 Å². The second-order valence-corrected chi connectivity index (χ2v) is 3.87. The standard InChI is InChI=1S/C10H14N2S/c1-2-3-4-7-13-9-5-6-10(11)12-8-9/h2,5-6,8H,1,3-4,7H2,(H2,11,12). The minimum Gasteiger partial charge on any atom is -0.384 e. The molecule has 3 heteroatoms. The lowest BCUT2D eigenvalue weighted by atomic mass is 10.3. The van der Waals surface area contributed by atoms with Gasteiger partial charge in [-0.05, 0) is 30.7 Å².